The molecule has 1 saturated heterocycles. The number of fused-ring (bicyclic) bond motifs is 1. The molecule has 18 heavy (non-hydrogen) atoms. The molecular formula is C15H15NO2. The van der Waals surface area contributed by atoms with E-state index in [9.17, 15) is 4.79 Å². The molecule has 0 bridgehead atoms. The number of nitrogens with one attached hydrogen (secondary N) is 1. The number of benzene rings is 1. The number of piperidine rings is 1. The predicted molar refractivity (Wildman–Crippen MR) is 67.5 cm³/mol. The van der Waals surface area contributed by atoms with Crippen molar-refractivity contribution in [1.82, 2.24) is 5.32 Å². The maximum absolute atomic E-state index is 12.1. The molecule has 3 nitrogen and oxygen atoms in total. The van der Waals surface area contributed by atoms with Gasteiger partial charge in [0, 0.05) is 17.7 Å². The summed E-state index contributed by atoms with van der Waals surface area (Å²) in [5.74, 6) is 1.05. The lowest BCUT2D eigenvalue weighted by Gasteiger charge is -2.41. The van der Waals surface area contributed by atoms with Gasteiger partial charge in [0.15, 0.2) is 0 Å². The summed E-state index contributed by atoms with van der Waals surface area (Å²) in [5, 5.41) is 2.96. The van der Waals surface area contributed by atoms with E-state index in [0.29, 0.717) is 0 Å². The van der Waals surface area contributed by atoms with E-state index in [1.807, 2.05) is 18.2 Å². The van der Waals surface area contributed by atoms with Crippen LogP contribution in [-0.2, 0) is 10.2 Å². The molecule has 0 aromatic heterocycles. The Balaban J connectivity index is 1.97. The van der Waals surface area contributed by atoms with Crippen LogP contribution in [0.2, 0.25) is 0 Å². The molecule has 1 spiro atoms. The van der Waals surface area contributed by atoms with Gasteiger partial charge in [0.05, 0.1) is 5.41 Å². The number of hydrogen-bond donors (Lipinski definition) is 1. The second-order valence-electron chi connectivity index (χ2n) is 5.28. The molecule has 1 N–H and O–H groups in total. The zero-order valence-corrected chi connectivity index (χ0v) is 10.1. The summed E-state index contributed by atoms with van der Waals surface area (Å²) >= 11 is 0. The molecule has 1 aromatic carbocycles. The third-order valence-electron chi connectivity index (χ3n) is 4.49. The minimum atomic E-state index is -0.183. The molecule has 0 saturated carbocycles. The van der Waals surface area contributed by atoms with E-state index in [1.165, 1.54) is 5.56 Å². The normalized spacial score (nSPS) is 32.6. The van der Waals surface area contributed by atoms with Crippen LogP contribution in [0.4, 0.5) is 0 Å². The van der Waals surface area contributed by atoms with E-state index < -0.39 is 0 Å². The Bertz CT molecular complexity index is 563. The first-order chi connectivity index (χ1) is 8.82. The van der Waals surface area contributed by atoms with Gasteiger partial charge in [0.25, 0.3) is 0 Å². The molecule has 2 atom stereocenters. The van der Waals surface area contributed by atoms with Crippen molar-refractivity contribution in [3.8, 4) is 5.75 Å². The number of amides is 1. The largest absolute Gasteiger partial charge is 0.489 e. The Morgan fingerprint density at radius 2 is 2.22 bits per heavy atom. The van der Waals surface area contributed by atoms with Crippen LogP contribution in [0.3, 0.4) is 0 Å². The second kappa shape index (κ2) is 3.37. The summed E-state index contributed by atoms with van der Waals surface area (Å²) in [7, 11) is 0. The molecule has 3 heteroatoms. The van der Waals surface area contributed by atoms with Crippen LogP contribution in [0.5, 0.6) is 5.75 Å². The van der Waals surface area contributed by atoms with Gasteiger partial charge in [0.1, 0.15) is 11.9 Å². The van der Waals surface area contributed by atoms with Crippen LogP contribution in [0.25, 0.3) is 0 Å². The Kier molecular flexibility index (Phi) is 1.91. The smallest absolute Gasteiger partial charge is 0.247 e. The summed E-state index contributed by atoms with van der Waals surface area (Å²) in [4.78, 5) is 12.1. The minimum Gasteiger partial charge on any atom is -0.489 e. The zero-order valence-electron chi connectivity index (χ0n) is 10.1. The maximum Gasteiger partial charge on any atom is 0.247 e. The molecule has 2 unspecified atom stereocenters. The first-order valence-electron chi connectivity index (χ1n) is 6.57. The third kappa shape index (κ3) is 1.07. The van der Waals surface area contributed by atoms with Crippen molar-refractivity contribution in [1.29, 1.82) is 0 Å². The number of rotatable bonds is 0. The number of ether oxygens (including phenoxy) is 1. The van der Waals surface area contributed by atoms with Crippen molar-refractivity contribution in [2.45, 2.75) is 30.8 Å². The number of para-hydroxylation sites is 1. The summed E-state index contributed by atoms with van der Waals surface area (Å²) < 4.78 is 6.10. The fraction of sp³-hybridized carbons (Fsp3) is 0.400. The number of hydrogen-bond acceptors (Lipinski definition) is 2. The molecule has 2 heterocycles. The van der Waals surface area contributed by atoms with Gasteiger partial charge in [-0.2, -0.15) is 0 Å². The molecular weight excluding hydrogens is 226 g/mol. The molecule has 4 rings (SSSR count). The highest BCUT2D eigenvalue weighted by atomic mass is 16.5. The zero-order chi connectivity index (χ0) is 12.2. The van der Waals surface area contributed by atoms with Crippen molar-refractivity contribution < 1.29 is 9.53 Å². The van der Waals surface area contributed by atoms with Gasteiger partial charge < -0.3 is 10.1 Å². The quantitative estimate of drug-likeness (QED) is 0.753. The lowest BCUT2D eigenvalue weighted by molar-refractivity contribution is -0.120. The van der Waals surface area contributed by atoms with Gasteiger partial charge in [-0.05, 0) is 25.3 Å². The fourth-order valence-electron chi connectivity index (χ4n) is 3.74. The van der Waals surface area contributed by atoms with Crippen LogP contribution in [0.1, 0.15) is 24.8 Å². The average Bonchev–Trinajstić information content (AvgIpc) is 2.72. The van der Waals surface area contributed by atoms with Crippen LogP contribution in [0, 0.1) is 0 Å². The Morgan fingerprint density at radius 3 is 3.17 bits per heavy atom. The Morgan fingerprint density at radius 1 is 1.33 bits per heavy atom. The van der Waals surface area contributed by atoms with E-state index in [4.69, 9.17) is 4.74 Å². The fourth-order valence-corrected chi connectivity index (χ4v) is 3.74. The summed E-state index contributed by atoms with van der Waals surface area (Å²) in [6.07, 6.45) is 5.14. The van der Waals surface area contributed by atoms with Crippen molar-refractivity contribution in [2.75, 3.05) is 6.54 Å². The topological polar surface area (TPSA) is 38.3 Å². The van der Waals surface area contributed by atoms with Gasteiger partial charge in [0.2, 0.25) is 5.91 Å². The van der Waals surface area contributed by atoms with Gasteiger partial charge in [-0.3, -0.25) is 4.79 Å². The standard InChI is InChI=1S/C15H15NO2/c17-14-11-5-3-7-13-15(11,8-9-16-14)10-4-1-2-6-12(10)18-13/h1-2,4-6,13H,3,7-9H2,(H,16,17). The molecule has 1 aromatic rings. The van der Waals surface area contributed by atoms with Gasteiger partial charge in [-0.15, -0.1) is 0 Å². The first-order valence-corrected chi connectivity index (χ1v) is 6.57. The summed E-state index contributed by atoms with van der Waals surface area (Å²) in [6, 6.07) is 8.18. The van der Waals surface area contributed by atoms with E-state index in [0.717, 1.165) is 37.1 Å². The highest BCUT2D eigenvalue weighted by Crippen LogP contribution is 2.53. The van der Waals surface area contributed by atoms with Crippen LogP contribution in [0.15, 0.2) is 35.9 Å². The van der Waals surface area contributed by atoms with E-state index in [2.05, 4.69) is 17.5 Å². The lowest BCUT2D eigenvalue weighted by Crippen LogP contribution is -2.52. The average molecular weight is 241 g/mol. The van der Waals surface area contributed by atoms with Crippen LogP contribution >= 0.6 is 0 Å². The number of carbonyl (C=O) groups excluding carboxylic acids is 1. The molecule has 1 fully saturated rings. The molecule has 1 amide bonds. The van der Waals surface area contributed by atoms with Crippen molar-refractivity contribution in [2.24, 2.45) is 0 Å². The second-order valence-corrected chi connectivity index (χ2v) is 5.28. The van der Waals surface area contributed by atoms with E-state index in [-0.39, 0.29) is 17.4 Å². The van der Waals surface area contributed by atoms with Gasteiger partial charge in [-0.1, -0.05) is 24.3 Å². The molecule has 1 aliphatic carbocycles. The summed E-state index contributed by atoms with van der Waals surface area (Å²) in [6.45, 7) is 0.740. The van der Waals surface area contributed by atoms with Crippen LogP contribution in [-0.4, -0.2) is 18.6 Å². The number of allylic oxidation sites excluding steroid dienone is 1. The highest BCUT2D eigenvalue weighted by Gasteiger charge is 2.55. The third-order valence-corrected chi connectivity index (χ3v) is 4.49. The summed E-state index contributed by atoms with van der Waals surface area (Å²) in [5.41, 5.74) is 1.95. The molecule has 3 aliphatic rings. The molecule has 2 aliphatic heterocycles. The highest BCUT2D eigenvalue weighted by molar-refractivity contribution is 5.98. The van der Waals surface area contributed by atoms with Crippen molar-refractivity contribution >= 4 is 5.91 Å². The Hall–Kier alpha value is -1.77. The monoisotopic (exact) mass is 241 g/mol. The maximum atomic E-state index is 12.1. The molecule has 92 valence electrons. The number of carbonyl (C=O) groups is 1. The SMILES string of the molecule is O=C1NCCC23C1=CCCC2Oc1ccccc13. The van der Waals surface area contributed by atoms with E-state index >= 15 is 0 Å². The minimum absolute atomic E-state index is 0.0891. The van der Waals surface area contributed by atoms with E-state index in [1.54, 1.807) is 0 Å². The van der Waals surface area contributed by atoms with Gasteiger partial charge in [-0.25, -0.2) is 0 Å². The van der Waals surface area contributed by atoms with Crippen molar-refractivity contribution in [3.05, 3.63) is 41.5 Å². The van der Waals surface area contributed by atoms with Gasteiger partial charge >= 0.3 is 0 Å². The lowest BCUT2D eigenvalue weighted by atomic mass is 9.63. The van der Waals surface area contributed by atoms with Crippen molar-refractivity contribution in [3.63, 3.8) is 0 Å². The first kappa shape index (κ1) is 10.2. The van der Waals surface area contributed by atoms with Crippen LogP contribution < -0.4 is 10.1 Å². The predicted octanol–water partition coefficient (Wildman–Crippen LogP) is 1.93. The Labute approximate surface area is 106 Å². The molecule has 0 radical (unpaired) electrons.